The molecule has 0 radical (unpaired) electrons. The second-order valence-corrected chi connectivity index (χ2v) is 4.80. The Bertz CT molecular complexity index is 353. The standard InChI is InChI=1S/C13H20ClNO2/c1-10(16)12-9-11(14)5-6-13(12)17-8-4-7-15(2)3/h5-6,9-10,16H,4,7-8H2,1-3H3. The highest BCUT2D eigenvalue weighted by atomic mass is 35.5. The van der Waals surface area contributed by atoms with Gasteiger partial charge < -0.3 is 14.7 Å². The quantitative estimate of drug-likeness (QED) is 0.796. The van der Waals surface area contributed by atoms with Crippen LogP contribution in [0.2, 0.25) is 5.02 Å². The van der Waals surface area contributed by atoms with Gasteiger partial charge in [0, 0.05) is 17.1 Å². The summed E-state index contributed by atoms with van der Waals surface area (Å²) in [5.41, 5.74) is 0.738. The molecule has 0 aliphatic heterocycles. The van der Waals surface area contributed by atoms with Crippen LogP contribution in [0.4, 0.5) is 0 Å². The Labute approximate surface area is 108 Å². The maximum Gasteiger partial charge on any atom is 0.125 e. The highest BCUT2D eigenvalue weighted by molar-refractivity contribution is 6.30. The highest BCUT2D eigenvalue weighted by Crippen LogP contribution is 2.28. The molecule has 0 saturated carbocycles. The Kier molecular flexibility index (Phi) is 5.75. The molecule has 1 N–H and O–H groups in total. The van der Waals surface area contributed by atoms with Gasteiger partial charge in [0.2, 0.25) is 0 Å². The minimum Gasteiger partial charge on any atom is -0.493 e. The van der Waals surface area contributed by atoms with Gasteiger partial charge in [-0.2, -0.15) is 0 Å². The van der Waals surface area contributed by atoms with E-state index in [9.17, 15) is 5.11 Å². The van der Waals surface area contributed by atoms with Crippen LogP contribution in [-0.4, -0.2) is 37.3 Å². The fourth-order valence-electron chi connectivity index (χ4n) is 1.54. The zero-order valence-corrected chi connectivity index (χ0v) is 11.4. The van der Waals surface area contributed by atoms with Crippen molar-refractivity contribution in [2.24, 2.45) is 0 Å². The topological polar surface area (TPSA) is 32.7 Å². The van der Waals surface area contributed by atoms with Crippen molar-refractivity contribution >= 4 is 11.6 Å². The molecule has 96 valence electrons. The van der Waals surface area contributed by atoms with Crippen LogP contribution in [0.3, 0.4) is 0 Å². The SMILES string of the molecule is CC(O)c1cc(Cl)ccc1OCCCN(C)C. The molecule has 1 aromatic carbocycles. The van der Waals surface area contributed by atoms with Gasteiger partial charge in [0.05, 0.1) is 12.7 Å². The average Bonchev–Trinajstić information content (AvgIpc) is 2.25. The van der Waals surface area contributed by atoms with Crippen molar-refractivity contribution in [2.45, 2.75) is 19.4 Å². The van der Waals surface area contributed by atoms with Crippen molar-refractivity contribution in [3.05, 3.63) is 28.8 Å². The monoisotopic (exact) mass is 257 g/mol. The van der Waals surface area contributed by atoms with Crippen LogP contribution in [0.15, 0.2) is 18.2 Å². The lowest BCUT2D eigenvalue weighted by molar-refractivity contribution is 0.190. The van der Waals surface area contributed by atoms with E-state index < -0.39 is 6.10 Å². The summed E-state index contributed by atoms with van der Waals surface area (Å²) >= 11 is 5.89. The third-order valence-electron chi connectivity index (χ3n) is 2.43. The smallest absolute Gasteiger partial charge is 0.125 e. The van der Waals surface area contributed by atoms with E-state index in [1.165, 1.54) is 0 Å². The minimum atomic E-state index is -0.572. The lowest BCUT2D eigenvalue weighted by Gasteiger charge is -2.15. The molecule has 1 unspecified atom stereocenters. The number of aliphatic hydroxyl groups is 1. The van der Waals surface area contributed by atoms with Crippen molar-refractivity contribution in [1.29, 1.82) is 0 Å². The number of hydrogen-bond acceptors (Lipinski definition) is 3. The zero-order valence-electron chi connectivity index (χ0n) is 10.6. The maximum atomic E-state index is 9.63. The number of rotatable bonds is 6. The first-order valence-corrected chi connectivity index (χ1v) is 6.13. The molecule has 0 aromatic heterocycles. The molecular weight excluding hydrogens is 238 g/mol. The van der Waals surface area contributed by atoms with Gasteiger partial charge in [-0.15, -0.1) is 0 Å². The Hall–Kier alpha value is -0.770. The molecular formula is C13H20ClNO2. The fraction of sp³-hybridized carbons (Fsp3) is 0.538. The maximum absolute atomic E-state index is 9.63. The highest BCUT2D eigenvalue weighted by Gasteiger charge is 2.09. The van der Waals surface area contributed by atoms with Crippen molar-refractivity contribution in [3.8, 4) is 5.75 Å². The van der Waals surface area contributed by atoms with Gasteiger partial charge >= 0.3 is 0 Å². The number of ether oxygens (including phenoxy) is 1. The normalized spacial score (nSPS) is 12.8. The number of nitrogens with zero attached hydrogens (tertiary/aromatic N) is 1. The van der Waals surface area contributed by atoms with E-state index >= 15 is 0 Å². The minimum absolute atomic E-state index is 0.572. The van der Waals surface area contributed by atoms with E-state index in [4.69, 9.17) is 16.3 Å². The Morgan fingerprint density at radius 3 is 2.71 bits per heavy atom. The fourth-order valence-corrected chi connectivity index (χ4v) is 1.72. The van der Waals surface area contributed by atoms with E-state index in [-0.39, 0.29) is 0 Å². The number of benzene rings is 1. The number of halogens is 1. The van der Waals surface area contributed by atoms with Gasteiger partial charge in [0.15, 0.2) is 0 Å². The summed E-state index contributed by atoms with van der Waals surface area (Å²) < 4.78 is 5.66. The lowest BCUT2D eigenvalue weighted by atomic mass is 10.1. The first-order chi connectivity index (χ1) is 8.00. The summed E-state index contributed by atoms with van der Waals surface area (Å²) in [7, 11) is 4.06. The number of hydrogen-bond donors (Lipinski definition) is 1. The predicted molar refractivity (Wildman–Crippen MR) is 70.8 cm³/mol. The van der Waals surface area contributed by atoms with E-state index in [1.807, 2.05) is 14.1 Å². The van der Waals surface area contributed by atoms with E-state index in [0.29, 0.717) is 17.4 Å². The van der Waals surface area contributed by atoms with Crippen LogP contribution in [0.1, 0.15) is 25.0 Å². The molecule has 1 aromatic rings. The molecule has 0 bridgehead atoms. The largest absolute Gasteiger partial charge is 0.493 e. The van der Waals surface area contributed by atoms with Gasteiger partial charge in [-0.3, -0.25) is 0 Å². The van der Waals surface area contributed by atoms with Crippen molar-refractivity contribution in [2.75, 3.05) is 27.2 Å². The van der Waals surface area contributed by atoms with Gasteiger partial charge in [0.25, 0.3) is 0 Å². The second kappa shape index (κ2) is 6.84. The van der Waals surface area contributed by atoms with E-state index in [2.05, 4.69) is 4.90 Å². The van der Waals surface area contributed by atoms with Gasteiger partial charge in [-0.05, 0) is 45.6 Å². The number of aliphatic hydroxyl groups excluding tert-OH is 1. The Balaban J connectivity index is 2.58. The van der Waals surface area contributed by atoms with E-state index in [0.717, 1.165) is 18.5 Å². The molecule has 0 fully saturated rings. The summed E-state index contributed by atoms with van der Waals surface area (Å²) in [6, 6.07) is 5.32. The van der Waals surface area contributed by atoms with Crippen molar-refractivity contribution in [1.82, 2.24) is 4.90 Å². The first kappa shape index (κ1) is 14.3. The summed E-state index contributed by atoms with van der Waals surface area (Å²) in [5.74, 6) is 0.711. The molecule has 0 spiro atoms. The Morgan fingerprint density at radius 1 is 1.41 bits per heavy atom. The second-order valence-electron chi connectivity index (χ2n) is 4.36. The van der Waals surface area contributed by atoms with Crippen LogP contribution in [0.5, 0.6) is 5.75 Å². The molecule has 0 aliphatic rings. The van der Waals surface area contributed by atoms with Crippen LogP contribution in [0.25, 0.3) is 0 Å². The molecule has 1 atom stereocenters. The third-order valence-corrected chi connectivity index (χ3v) is 2.66. The molecule has 0 heterocycles. The third kappa shape index (κ3) is 4.94. The predicted octanol–water partition coefficient (Wildman–Crippen LogP) is 2.72. The summed E-state index contributed by atoms with van der Waals surface area (Å²) in [4.78, 5) is 2.11. The van der Waals surface area contributed by atoms with Gasteiger partial charge in [-0.1, -0.05) is 11.6 Å². The van der Waals surface area contributed by atoms with Crippen molar-refractivity contribution < 1.29 is 9.84 Å². The molecule has 17 heavy (non-hydrogen) atoms. The molecule has 4 heteroatoms. The van der Waals surface area contributed by atoms with Crippen LogP contribution in [0, 0.1) is 0 Å². The van der Waals surface area contributed by atoms with Crippen LogP contribution >= 0.6 is 11.6 Å². The lowest BCUT2D eigenvalue weighted by Crippen LogP contribution is -2.15. The van der Waals surface area contributed by atoms with Gasteiger partial charge in [0.1, 0.15) is 5.75 Å². The van der Waals surface area contributed by atoms with Crippen molar-refractivity contribution in [3.63, 3.8) is 0 Å². The summed E-state index contributed by atoms with van der Waals surface area (Å²) in [6.07, 6.45) is 0.382. The molecule has 1 rings (SSSR count). The first-order valence-electron chi connectivity index (χ1n) is 5.75. The molecule has 0 saturated heterocycles. The molecule has 0 aliphatic carbocycles. The summed E-state index contributed by atoms with van der Waals surface area (Å²) in [6.45, 7) is 3.33. The van der Waals surface area contributed by atoms with E-state index in [1.54, 1.807) is 25.1 Å². The van der Waals surface area contributed by atoms with Crippen LogP contribution in [-0.2, 0) is 0 Å². The zero-order chi connectivity index (χ0) is 12.8. The molecule has 0 amide bonds. The molecule has 3 nitrogen and oxygen atoms in total. The average molecular weight is 258 g/mol. The Morgan fingerprint density at radius 2 is 2.12 bits per heavy atom. The van der Waals surface area contributed by atoms with Gasteiger partial charge in [-0.25, -0.2) is 0 Å². The summed E-state index contributed by atoms with van der Waals surface area (Å²) in [5, 5.41) is 10.2. The van der Waals surface area contributed by atoms with Crippen LogP contribution < -0.4 is 4.74 Å².